The molecular weight excluding hydrogens is 272 g/mol. The monoisotopic (exact) mass is 280 g/mol. The maximum absolute atomic E-state index is 13.8. The highest BCUT2D eigenvalue weighted by atomic mass is 19.1. The van der Waals surface area contributed by atoms with Crippen LogP contribution in [0.2, 0.25) is 0 Å². The third-order valence-electron chi connectivity index (χ3n) is 3.01. The van der Waals surface area contributed by atoms with Crippen LogP contribution < -0.4 is 0 Å². The minimum atomic E-state index is -0.846. The van der Waals surface area contributed by atoms with Crippen LogP contribution in [0.1, 0.15) is 5.56 Å². The molecule has 3 rings (SSSR count). The zero-order chi connectivity index (χ0) is 14.4. The fourth-order valence-corrected chi connectivity index (χ4v) is 2.01. The predicted octanol–water partition coefficient (Wildman–Crippen LogP) is 4.09. The Morgan fingerprint density at radius 1 is 0.900 bits per heavy atom. The van der Waals surface area contributed by atoms with E-state index in [-0.39, 0.29) is 28.0 Å². The molecule has 20 heavy (non-hydrogen) atoms. The number of halogens is 4. The summed E-state index contributed by atoms with van der Waals surface area (Å²) in [6.07, 6.45) is 0. The van der Waals surface area contributed by atoms with Crippen molar-refractivity contribution in [3.05, 3.63) is 53.1 Å². The van der Waals surface area contributed by atoms with Crippen LogP contribution in [0.25, 0.3) is 22.4 Å². The first kappa shape index (κ1) is 12.7. The van der Waals surface area contributed by atoms with Gasteiger partial charge in [0.2, 0.25) is 0 Å². The van der Waals surface area contributed by atoms with Gasteiger partial charge in [0.05, 0.1) is 11.1 Å². The van der Waals surface area contributed by atoms with Gasteiger partial charge in [0.1, 0.15) is 28.8 Å². The fraction of sp³-hybridized carbons (Fsp3) is 0.0714. The van der Waals surface area contributed by atoms with E-state index in [4.69, 9.17) is 0 Å². The van der Waals surface area contributed by atoms with Crippen LogP contribution in [0.4, 0.5) is 17.6 Å². The highest BCUT2D eigenvalue weighted by molar-refractivity contribution is 5.80. The van der Waals surface area contributed by atoms with Crippen LogP contribution in [-0.4, -0.2) is 9.97 Å². The summed E-state index contributed by atoms with van der Waals surface area (Å²) >= 11 is 0. The molecule has 0 saturated heterocycles. The molecule has 0 radical (unpaired) electrons. The number of hydrogen-bond donors (Lipinski definition) is 1. The Bertz CT molecular complexity index is 824. The first-order valence-electron chi connectivity index (χ1n) is 5.76. The first-order chi connectivity index (χ1) is 9.45. The number of nitrogens with one attached hydrogen (secondary N) is 1. The summed E-state index contributed by atoms with van der Waals surface area (Å²) in [5.41, 5.74) is 0.245. The molecule has 2 aromatic carbocycles. The quantitative estimate of drug-likeness (QED) is 0.668. The van der Waals surface area contributed by atoms with E-state index in [0.29, 0.717) is 6.07 Å². The Balaban J connectivity index is 2.25. The Kier molecular flexibility index (Phi) is 2.74. The molecule has 0 unspecified atom stereocenters. The first-order valence-corrected chi connectivity index (χ1v) is 5.76. The highest BCUT2D eigenvalue weighted by Gasteiger charge is 2.15. The van der Waals surface area contributed by atoms with Crippen molar-refractivity contribution in [3.63, 3.8) is 0 Å². The number of imidazole rings is 1. The van der Waals surface area contributed by atoms with Crippen LogP contribution in [0.3, 0.4) is 0 Å². The zero-order valence-electron chi connectivity index (χ0n) is 10.3. The van der Waals surface area contributed by atoms with E-state index in [9.17, 15) is 17.6 Å². The van der Waals surface area contributed by atoms with Crippen molar-refractivity contribution in [2.45, 2.75) is 6.92 Å². The Hall–Kier alpha value is -2.37. The molecule has 0 fully saturated rings. The van der Waals surface area contributed by atoms with Crippen molar-refractivity contribution in [2.75, 3.05) is 0 Å². The Labute approximate surface area is 111 Å². The van der Waals surface area contributed by atoms with Gasteiger partial charge >= 0.3 is 0 Å². The van der Waals surface area contributed by atoms with Crippen LogP contribution >= 0.6 is 0 Å². The van der Waals surface area contributed by atoms with Gasteiger partial charge in [-0.3, -0.25) is 0 Å². The lowest BCUT2D eigenvalue weighted by molar-refractivity contribution is 0.579. The minimum Gasteiger partial charge on any atom is -0.338 e. The molecule has 0 atom stereocenters. The Morgan fingerprint density at radius 2 is 1.65 bits per heavy atom. The summed E-state index contributed by atoms with van der Waals surface area (Å²) in [5.74, 6) is -3.10. The molecule has 1 N–H and O–H groups in total. The molecule has 0 aliphatic heterocycles. The van der Waals surface area contributed by atoms with E-state index >= 15 is 0 Å². The van der Waals surface area contributed by atoms with Gasteiger partial charge in [-0.15, -0.1) is 0 Å². The second-order valence-electron chi connectivity index (χ2n) is 4.45. The van der Waals surface area contributed by atoms with Gasteiger partial charge in [0.15, 0.2) is 5.82 Å². The molecule has 3 aromatic rings. The van der Waals surface area contributed by atoms with Crippen LogP contribution in [0.5, 0.6) is 0 Å². The number of nitrogens with zero attached hydrogens (tertiary/aromatic N) is 1. The van der Waals surface area contributed by atoms with E-state index in [2.05, 4.69) is 9.97 Å². The molecule has 0 amide bonds. The molecule has 1 heterocycles. The molecule has 102 valence electrons. The van der Waals surface area contributed by atoms with Crippen LogP contribution in [-0.2, 0) is 0 Å². The fourth-order valence-electron chi connectivity index (χ4n) is 2.01. The van der Waals surface area contributed by atoms with Crippen molar-refractivity contribution >= 4 is 11.0 Å². The molecule has 0 saturated carbocycles. The second kappa shape index (κ2) is 4.33. The maximum Gasteiger partial charge on any atom is 0.153 e. The lowest BCUT2D eigenvalue weighted by Gasteiger charge is -2.02. The third kappa shape index (κ3) is 1.93. The lowest BCUT2D eigenvalue weighted by Crippen LogP contribution is -1.91. The summed E-state index contributed by atoms with van der Waals surface area (Å²) in [5, 5.41) is 0. The van der Waals surface area contributed by atoms with Crippen molar-refractivity contribution in [2.24, 2.45) is 0 Å². The van der Waals surface area contributed by atoms with E-state index < -0.39 is 23.3 Å². The van der Waals surface area contributed by atoms with Gasteiger partial charge < -0.3 is 4.98 Å². The van der Waals surface area contributed by atoms with Gasteiger partial charge in [-0.05, 0) is 24.6 Å². The molecule has 0 aliphatic carbocycles. The number of H-pyrrole nitrogens is 1. The number of rotatable bonds is 1. The molecular formula is C14H8F4N2. The summed E-state index contributed by atoms with van der Waals surface area (Å²) < 4.78 is 53.6. The highest BCUT2D eigenvalue weighted by Crippen LogP contribution is 2.26. The van der Waals surface area contributed by atoms with Gasteiger partial charge in [0, 0.05) is 12.1 Å². The number of aromatic nitrogens is 2. The van der Waals surface area contributed by atoms with E-state index in [1.165, 1.54) is 13.0 Å². The number of fused-ring (bicyclic) bond motifs is 1. The summed E-state index contributed by atoms with van der Waals surface area (Å²) in [6.45, 7) is 1.47. The van der Waals surface area contributed by atoms with Crippen molar-refractivity contribution in [3.8, 4) is 11.4 Å². The minimum absolute atomic E-state index is 0.0000850. The van der Waals surface area contributed by atoms with Crippen LogP contribution in [0.15, 0.2) is 24.3 Å². The zero-order valence-corrected chi connectivity index (χ0v) is 10.3. The number of benzene rings is 2. The number of hydrogen-bond acceptors (Lipinski definition) is 1. The largest absolute Gasteiger partial charge is 0.338 e. The second-order valence-corrected chi connectivity index (χ2v) is 4.45. The maximum atomic E-state index is 13.8. The molecule has 0 aliphatic rings. The predicted molar refractivity (Wildman–Crippen MR) is 66.1 cm³/mol. The van der Waals surface area contributed by atoms with Gasteiger partial charge in [-0.1, -0.05) is 0 Å². The van der Waals surface area contributed by atoms with Crippen molar-refractivity contribution < 1.29 is 17.6 Å². The van der Waals surface area contributed by atoms with E-state index in [1.807, 2.05) is 0 Å². The van der Waals surface area contributed by atoms with Gasteiger partial charge in [-0.25, -0.2) is 22.5 Å². The van der Waals surface area contributed by atoms with E-state index in [1.54, 1.807) is 0 Å². The normalized spacial score (nSPS) is 11.2. The molecule has 2 nitrogen and oxygen atoms in total. The summed E-state index contributed by atoms with van der Waals surface area (Å²) in [4.78, 5) is 6.52. The van der Waals surface area contributed by atoms with Gasteiger partial charge in [0.25, 0.3) is 0 Å². The molecule has 6 heteroatoms. The standard InChI is InChI=1S/C14H8F4N2/c1-6-2-8(10(17)5-9(6)16)14-19-12-4-7(15)3-11(18)13(12)20-14/h2-5H,1H3,(H,19,20). The molecule has 0 bridgehead atoms. The molecule has 0 spiro atoms. The smallest absolute Gasteiger partial charge is 0.153 e. The Morgan fingerprint density at radius 3 is 2.40 bits per heavy atom. The summed E-state index contributed by atoms with van der Waals surface area (Å²) in [7, 11) is 0. The number of aromatic amines is 1. The summed E-state index contributed by atoms with van der Waals surface area (Å²) in [6, 6.07) is 3.74. The average molecular weight is 280 g/mol. The van der Waals surface area contributed by atoms with Crippen molar-refractivity contribution in [1.29, 1.82) is 0 Å². The number of aryl methyl sites for hydroxylation is 1. The van der Waals surface area contributed by atoms with Gasteiger partial charge in [-0.2, -0.15) is 0 Å². The lowest BCUT2D eigenvalue weighted by atomic mass is 10.1. The third-order valence-corrected chi connectivity index (χ3v) is 3.01. The van der Waals surface area contributed by atoms with Crippen LogP contribution in [0, 0.1) is 30.2 Å². The van der Waals surface area contributed by atoms with Crippen molar-refractivity contribution in [1.82, 2.24) is 9.97 Å². The topological polar surface area (TPSA) is 28.7 Å². The SMILES string of the molecule is Cc1cc(-c2nc3c(F)cc(F)cc3[nH]2)c(F)cc1F. The van der Waals surface area contributed by atoms with E-state index in [0.717, 1.165) is 12.1 Å². The molecule has 1 aromatic heterocycles. The average Bonchev–Trinajstić information content (AvgIpc) is 2.77.